The number of anilines is 1. The topological polar surface area (TPSA) is 379 Å². The van der Waals surface area contributed by atoms with Gasteiger partial charge in [0.25, 0.3) is 0 Å². The molecule has 0 aromatic carbocycles. The van der Waals surface area contributed by atoms with Gasteiger partial charge < -0.3 is 44.9 Å². The summed E-state index contributed by atoms with van der Waals surface area (Å²) in [5, 5.41) is 10.1. The molecule has 1 aromatic rings. The molecule has 1 fully saturated rings. The molecule has 2 rings (SSSR count). The molecule has 2 heterocycles. The van der Waals surface area contributed by atoms with Crippen molar-refractivity contribution in [2.75, 3.05) is 18.9 Å². The molecule has 42 heavy (non-hydrogen) atoms. The third kappa shape index (κ3) is 12.5. The van der Waals surface area contributed by atoms with E-state index in [1.165, 1.54) is 12.3 Å². The molecule has 0 radical (unpaired) electrons. The maximum absolute atomic E-state index is 12.1. The zero-order chi connectivity index (χ0) is 32.4. The third-order valence-corrected chi connectivity index (χ3v) is 13.4. The van der Waals surface area contributed by atoms with Gasteiger partial charge in [-0.2, -0.15) is 26.5 Å². The Morgan fingerprint density at radius 1 is 0.857 bits per heavy atom. The number of nitrogens with zero attached hydrogens (tertiary/aromatic N) is 2. The average molecular weight is 735 g/mol. The lowest BCUT2D eigenvalue weighted by molar-refractivity contribution is -0.0449. The smallest absolute Gasteiger partial charge is 0.390 e. The fourth-order valence-corrected chi connectivity index (χ4v) is 10.6. The number of aromatic nitrogens is 2. The van der Waals surface area contributed by atoms with Gasteiger partial charge in [-0.05, 0) is 13.0 Å². The van der Waals surface area contributed by atoms with Gasteiger partial charge in [-0.3, -0.25) is 13.6 Å². The molecule has 0 spiro atoms. The Bertz CT molecular complexity index is 1480. The second kappa shape index (κ2) is 13.8. The molecule has 0 saturated carbocycles. The Balaban J connectivity index is 1.99. The molecule has 0 amide bonds. The number of rotatable bonds is 16. The van der Waals surface area contributed by atoms with E-state index in [0.717, 1.165) is 11.5 Å². The summed E-state index contributed by atoms with van der Waals surface area (Å²) in [6, 6.07) is 1.23. The van der Waals surface area contributed by atoms with E-state index >= 15 is 0 Å². The van der Waals surface area contributed by atoms with Crippen LogP contribution in [0.1, 0.15) is 19.6 Å². The highest BCUT2D eigenvalue weighted by atomic mass is 31.3. The van der Waals surface area contributed by atoms with Crippen molar-refractivity contribution < 1.29 is 97.2 Å². The SMILES string of the molecule is CCOP(=O)(O)OP(=O)(O)OP(=O)(O)OP(=O)(O)OP(=O)(O)OP(=O)(O)OC[C@H]1O[C@@H](n2ccc(N)nc2=O)C[C@H]1O. The number of nitrogen functional groups attached to an aromatic ring is 1. The standard InChI is InChI=1S/C11H23N3O22P6/c1-2-29-37(17,18)32-39(21,22)34-41(25,26)36-42(27,28)35-40(23,24)33-38(19,20)30-6-8-7(15)5-10(31-8)14-4-3-9(12)13-11(14)16/h3-4,7-8,10,15H,2,5-6H2,1H3,(H,17,18)(H,19,20)(H,21,22)(H,23,24)(H,25,26)(H,27,28)(H2,12,13,16)/t7-,8-,10-/m1/s1. The Labute approximate surface area is 233 Å². The molecule has 9 atom stereocenters. The number of aliphatic hydroxyl groups is 1. The number of aliphatic hydroxyl groups excluding tert-OH is 1. The van der Waals surface area contributed by atoms with Crippen LogP contribution in [0.2, 0.25) is 0 Å². The molecule has 6 unspecified atom stereocenters. The van der Waals surface area contributed by atoms with E-state index in [1.807, 2.05) is 0 Å². The van der Waals surface area contributed by atoms with Crippen molar-refractivity contribution in [2.24, 2.45) is 0 Å². The largest absolute Gasteiger partial charge is 0.490 e. The molecule has 0 aliphatic carbocycles. The normalized spacial score (nSPS) is 28.0. The highest BCUT2D eigenvalue weighted by Crippen LogP contribution is 2.75. The minimum absolute atomic E-state index is 0.117. The monoisotopic (exact) mass is 735 g/mol. The lowest BCUT2D eigenvalue weighted by Gasteiger charge is -2.21. The van der Waals surface area contributed by atoms with Gasteiger partial charge in [0.05, 0.1) is 19.3 Å². The summed E-state index contributed by atoms with van der Waals surface area (Å²) >= 11 is 0. The van der Waals surface area contributed by atoms with Crippen LogP contribution in [0, 0.1) is 0 Å². The van der Waals surface area contributed by atoms with Gasteiger partial charge in [0.2, 0.25) is 0 Å². The number of nitrogens with two attached hydrogens (primary N) is 1. The van der Waals surface area contributed by atoms with Crippen molar-refractivity contribution in [2.45, 2.75) is 31.8 Å². The van der Waals surface area contributed by atoms with Crippen LogP contribution in [0.25, 0.3) is 0 Å². The molecular formula is C11H23N3O22P6. The summed E-state index contributed by atoms with van der Waals surface area (Å²) in [4.78, 5) is 71.8. The van der Waals surface area contributed by atoms with E-state index in [9.17, 15) is 61.8 Å². The van der Waals surface area contributed by atoms with Crippen molar-refractivity contribution in [1.29, 1.82) is 0 Å². The lowest BCUT2D eigenvalue weighted by atomic mass is 10.2. The number of ether oxygens (including phenoxy) is 1. The predicted octanol–water partition coefficient (Wildman–Crippen LogP) is 0.212. The quantitative estimate of drug-likeness (QED) is 0.105. The summed E-state index contributed by atoms with van der Waals surface area (Å²) in [7, 11) is -36.2. The average Bonchev–Trinajstić information content (AvgIpc) is 3.07. The molecule has 1 aromatic heterocycles. The second-order valence-corrected chi connectivity index (χ2v) is 16.8. The summed E-state index contributed by atoms with van der Waals surface area (Å²) in [6.45, 7) is -0.494. The fourth-order valence-electron chi connectivity index (χ4n) is 2.77. The first kappa shape index (κ1) is 37.6. The molecule has 1 aliphatic heterocycles. The number of phosphoric ester groups is 2. The van der Waals surface area contributed by atoms with E-state index in [1.54, 1.807) is 0 Å². The minimum atomic E-state index is -6.40. The Kier molecular flexibility index (Phi) is 12.4. The molecular weight excluding hydrogens is 712 g/mol. The lowest BCUT2D eigenvalue weighted by Crippen LogP contribution is -2.28. The summed E-state index contributed by atoms with van der Waals surface area (Å²) in [5.41, 5.74) is 4.50. The second-order valence-electron chi connectivity index (χ2n) is 7.41. The highest BCUT2D eigenvalue weighted by molar-refractivity contribution is 7.72. The molecule has 244 valence electrons. The predicted molar refractivity (Wildman–Crippen MR) is 129 cm³/mol. The molecule has 31 heteroatoms. The summed E-state index contributed by atoms with van der Waals surface area (Å²) in [6.07, 6.45) is -3.15. The number of hydrogen-bond donors (Lipinski definition) is 8. The van der Waals surface area contributed by atoms with Crippen molar-refractivity contribution >= 4 is 52.8 Å². The van der Waals surface area contributed by atoms with Gasteiger partial charge >= 0.3 is 52.6 Å². The van der Waals surface area contributed by atoms with Crippen molar-refractivity contribution in [3.63, 3.8) is 0 Å². The van der Waals surface area contributed by atoms with Gasteiger partial charge in [0, 0.05) is 12.6 Å². The van der Waals surface area contributed by atoms with Gasteiger partial charge in [-0.1, -0.05) is 0 Å². The molecule has 9 N–H and O–H groups in total. The number of phosphoric acid groups is 6. The zero-order valence-electron chi connectivity index (χ0n) is 20.4. The van der Waals surface area contributed by atoms with Crippen LogP contribution in [-0.2, 0) is 62.7 Å². The van der Waals surface area contributed by atoms with Gasteiger partial charge in [-0.15, -0.1) is 0 Å². The highest BCUT2D eigenvalue weighted by Gasteiger charge is 2.49. The Morgan fingerprint density at radius 2 is 1.29 bits per heavy atom. The Hall–Kier alpha value is -0.540. The van der Waals surface area contributed by atoms with Gasteiger partial charge in [-0.25, -0.2) is 32.2 Å². The first-order valence-corrected chi connectivity index (χ1v) is 19.3. The van der Waals surface area contributed by atoms with Gasteiger partial charge in [0.1, 0.15) is 18.1 Å². The molecule has 1 saturated heterocycles. The summed E-state index contributed by atoms with van der Waals surface area (Å²) < 4.78 is 103. The minimum Gasteiger partial charge on any atom is -0.390 e. The van der Waals surface area contributed by atoms with E-state index < -0.39 is 84.3 Å². The maximum atomic E-state index is 12.1. The van der Waals surface area contributed by atoms with Crippen molar-refractivity contribution in [3.05, 3.63) is 22.7 Å². The number of hydrogen-bond acceptors (Lipinski definition) is 18. The third-order valence-electron chi connectivity index (χ3n) is 4.09. The molecule has 0 bridgehead atoms. The fraction of sp³-hybridized carbons (Fsp3) is 0.636. The van der Waals surface area contributed by atoms with Crippen LogP contribution in [0.15, 0.2) is 17.1 Å². The van der Waals surface area contributed by atoms with Crippen LogP contribution in [-0.4, -0.2) is 69.4 Å². The summed E-state index contributed by atoms with van der Waals surface area (Å²) in [5.74, 6) is -0.117. The van der Waals surface area contributed by atoms with E-state index in [0.29, 0.717) is 0 Å². The first-order valence-electron chi connectivity index (χ1n) is 10.4. The zero-order valence-corrected chi connectivity index (χ0v) is 25.8. The van der Waals surface area contributed by atoms with E-state index in [-0.39, 0.29) is 12.2 Å². The van der Waals surface area contributed by atoms with Crippen LogP contribution in [0.5, 0.6) is 0 Å². The van der Waals surface area contributed by atoms with E-state index in [4.69, 9.17) is 15.4 Å². The van der Waals surface area contributed by atoms with Crippen molar-refractivity contribution in [1.82, 2.24) is 9.55 Å². The van der Waals surface area contributed by atoms with Gasteiger partial charge in [0.15, 0.2) is 0 Å². The first-order chi connectivity index (χ1) is 18.9. The molecule has 1 aliphatic rings. The van der Waals surface area contributed by atoms with E-state index in [2.05, 4.69) is 35.6 Å². The van der Waals surface area contributed by atoms with Crippen LogP contribution in [0.3, 0.4) is 0 Å². The molecule has 25 nitrogen and oxygen atoms in total. The van der Waals surface area contributed by atoms with Crippen molar-refractivity contribution in [3.8, 4) is 0 Å². The van der Waals surface area contributed by atoms with Crippen LogP contribution >= 0.6 is 46.9 Å². The van der Waals surface area contributed by atoms with Crippen LogP contribution in [0.4, 0.5) is 5.82 Å². The van der Waals surface area contributed by atoms with Crippen LogP contribution < -0.4 is 11.4 Å². The Morgan fingerprint density at radius 3 is 1.71 bits per heavy atom. The maximum Gasteiger partial charge on any atom is 0.490 e.